The van der Waals surface area contributed by atoms with E-state index in [-0.39, 0.29) is 0 Å². The van der Waals surface area contributed by atoms with Gasteiger partial charge in [0.2, 0.25) is 5.89 Å². The standard InChI is InChI=1S/C61H40N2O2/c1-4-11-41(12-5-1)43-19-21-45(22-20-43)46-27-32-52(33-28-46)63(54-18-10-17-50(39-54)47-25-23-44(24-26-47)42-13-6-2-7-14-42)53-34-29-48(30-35-53)51-31-37-57-55(40-51)59-58(64-57)38-36-56-60(59)65-61(62-56)49-15-8-3-9-16-49/h1-40H. The van der Waals surface area contributed by atoms with Gasteiger partial charge >= 0.3 is 0 Å². The lowest BCUT2D eigenvalue weighted by Crippen LogP contribution is -2.10. The molecule has 12 aromatic rings. The summed E-state index contributed by atoms with van der Waals surface area (Å²) in [5.74, 6) is 0.595. The maximum Gasteiger partial charge on any atom is 0.227 e. The zero-order valence-electron chi connectivity index (χ0n) is 35.3. The lowest BCUT2D eigenvalue weighted by molar-refractivity contribution is 0.622. The number of benzene rings is 10. The number of oxazole rings is 1. The lowest BCUT2D eigenvalue weighted by atomic mass is 9.99. The Morgan fingerprint density at radius 3 is 1.25 bits per heavy atom. The zero-order chi connectivity index (χ0) is 43.1. The minimum atomic E-state index is 0.595. The molecule has 4 heteroatoms. The van der Waals surface area contributed by atoms with Crippen molar-refractivity contribution in [2.24, 2.45) is 0 Å². The van der Waals surface area contributed by atoms with Gasteiger partial charge in [-0.3, -0.25) is 0 Å². The predicted molar refractivity (Wildman–Crippen MR) is 269 cm³/mol. The molecule has 0 radical (unpaired) electrons. The number of furan rings is 1. The summed E-state index contributed by atoms with van der Waals surface area (Å²) < 4.78 is 12.8. The third kappa shape index (κ3) is 7.23. The first kappa shape index (κ1) is 38.0. The van der Waals surface area contributed by atoms with Crippen LogP contribution in [0.1, 0.15) is 0 Å². The quantitative estimate of drug-likeness (QED) is 0.145. The van der Waals surface area contributed by atoms with Crippen molar-refractivity contribution >= 4 is 50.1 Å². The molecular formula is C61H40N2O2. The van der Waals surface area contributed by atoms with Gasteiger partial charge in [0.1, 0.15) is 16.7 Å². The Morgan fingerprint density at radius 1 is 0.292 bits per heavy atom. The summed E-state index contributed by atoms with van der Waals surface area (Å²) in [6.45, 7) is 0. The van der Waals surface area contributed by atoms with Gasteiger partial charge < -0.3 is 13.7 Å². The van der Waals surface area contributed by atoms with Crippen LogP contribution >= 0.6 is 0 Å². The van der Waals surface area contributed by atoms with Gasteiger partial charge in [-0.1, -0.05) is 170 Å². The van der Waals surface area contributed by atoms with Crippen LogP contribution < -0.4 is 4.90 Å². The van der Waals surface area contributed by atoms with Crippen molar-refractivity contribution in [3.63, 3.8) is 0 Å². The number of rotatable bonds is 9. The lowest BCUT2D eigenvalue weighted by Gasteiger charge is -2.26. The molecule has 0 amide bonds. The first-order chi connectivity index (χ1) is 32.2. The molecule has 2 aromatic heterocycles. The fraction of sp³-hybridized carbons (Fsp3) is 0. The van der Waals surface area contributed by atoms with E-state index >= 15 is 0 Å². The highest BCUT2D eigenvalue weighted by Crippen LogP contribution is 2.41. The number of hydrogen-bond donors (Lipinski definition) is 0. The number of nitrogens with zero attached hydrogens (tertiary/aromatic N) is 2. The highest BCUT2D eigenvalue weighted by Gasteiger charge is 2.19. The molecule has 0 bridgehead atoms. The van der Waals surface area contributed by atoms with Crippen molar-refractivity contribution in [1.29, 1.82) is 0 Å². The molecule has 0 atom stereocenters. The highest BCUT2D eigenvalue weighted by atomic mass is 16.4. The molecule has 10 aromatic carbocycles. The first-order valence-electron chi connectivity index (χ1n) is 21.9. The molecule has 0 aliphatic carbocycles. The van der Waals surface area contributed by atoms with E-state index in [4.69, 9.17) is 13.8 Å². The maximum absolute atomic E-state index is 6.44. The van der Waals surface area contributed by atoms with Gasteiger partial charge in [-0.25, -0.2) is 4.98 Å². The van der Waals surface area contributed by atoms with Crippen LogP contribution in [0.3, 0.4) is 0 Å². The van der Waals surface area contributed by atoms with Crippen LogP contribution in [0.5, 0.6) is 0 Å². The van der Waals surface area contributed by atoms with E-state index in [1.165, 1.54) is 27.8 Å². The van der Waals surface area contributed by atoms with Crippen LogP contribution in [-0.4, -0.2) is 4.98 Å². The summed E-state index contributed by atoms with van der Waals surface area (Å²) in [6, 6.07) is 85.6. The number of fused-ring (bicyclic) bond motifs is 5. The van der Waals surface area contributed by atoms with Gasteiger partial charge in [-0.2, -0.15) is 0 Å². The normalized spacial score (nSPS) is 11.4. The Labute approximate surface area is 377 Å². The Balaban J connectivity index is 0.904. The summed E-state index contributed by atoms with van der Waals surface area (Å²) in [5, 5.41) is 1.93. The molecule has 306 valence electrons. The molecule has 4 nitrogen and oxygen atoms in total. The van der Waals surface area contributed by atoms with Crippen LogP contribution in [0, 0.1) is 0 Å². The van der Waals surface area contributed by atoms with Crippen molar-refractivity contribution in [2.75, 3.05) is 4.90 Å². The van der Waals surface area contributed by atoms with Crippen molar-refractivity contribution in [2.45, 2.75) is 0 Å². The third-order valence-corrected chi connectivity index (χ3v) is 12.3. The fourth-order valence-electron chi connectivity index (χ4n) is 8.98. The van der Waals surface area contributed by atoms with E-state index in [0.717, 1.165) is 83.5 Å². The van der Waals surface area contributed by atoms with Gasteiger partial charge in [-0.05, 0) is 128 Å². The van der Waals surface area contributed by atoms with Crippen molar-refractivity contribution in [3.8, 4) is 67.1 Å². The van der Waals surface area contributed by atoms with Crippen molar-refractivity contribution in [1.82, 2.24) is 4.98 Å². The largest absolute Gasteiger partial charge is 0.456 e. The van der Waals surface area contributed by atoms with E-state index < -0.39 is 0 Å². The van der Waals surface area contributed by atoms with Crippen LogP contribution in [0.15, 0.2) is 251 Å². The molecule has 0 N–H and O–H groups in total. The molecule has 0 spiro atoms. The Bertz CT molecular complexity index is 3600. The van der Waals surface area contributed by atoms with Gasteiger partial charge in [-0.15, -0.1) is 0 Å². The van der Waals surface area contributed by atoms with E-state index in [9.17, 15) is 0 Å². The molecule has 2 heterocycles. The Hall–Kier alpha value is -8.73. The second-order valence-electron chi connectivity index (χ2n) is 16.4. The predicted octanol–water partition coefficient (Wildman–Crippen LogP) is 17.2. The second-order valence-corrected chi connectivity index (χ2v) is 16.4. The van der Waals surface area contributed by atoms with Gasteiger partial charge in [0.05, 0.1) is 5.39 Å². The maximum atomic E-state index is 6.44. The average Bonchev–Trinajstić information content (AvgIpc) is 4.00. The van der Waals surface area contributed by atoms with Crippen molar-refractivity contribution in [3.05, 3.63) is 243 Å². The zero-order valence-corrected chi connectivity index (χ0v) is 35.3. The van der Waals surface area contributed by atoms with Gasteiger partial charge in [0.25, 0.3) is 0 Å². The molecule has 0 saturated carbocycles. The molecular weight excluding hydrogens is 793 g/mol. The van der Waals surface area contributed by atoms with Crippen LogP contribution in [0.2, 0.25) is 0 Å². The summed E-state index contributed by atoms with van der Waals surface area (Å²) in [5.41, 5.74) is 18.9. The van der Waals surface area contributed by atoms with E-state index in [0.29, 0.717) is 5.89 Å². The first-order valence-corrected chi connectivity index (χ1v) is 21.9. The molecule has 0 saturated heterocycles. The minimum absolute atomic E-state index is 0.595. The monoisotopic (exact) mass is 832 g/mol. The summed E-state index contributed by atoms with van der Waals surface area (Å²) in [7, 11) is 0. The van der Waals surface area contributed by atoms with Crippen LogP contribution in [0.25, 0.3) is 100 Å². The fourth-order valence-corrected chi connectivity index (χ4v) is 8.98. The highest BCUT2D eigenvalue weighted by molar-refractivity contribution is 6.17. The average molecular weight is 833 g/mol. The molecule has 0 aliphatic rings. The van der Waals surface area contributed by atoms with Crippen LogP contribution in [-0.2, 0) is 0 Å². The third-order valence-electron chi connectivity index (χ3n) is 12.3. The molecule has 12 rings (SSSR count). The molecule has 0 fully saturated rings. The van der Waals surface area contributed by atoms with E-state index in [1.54, 1.807) is 0 Å². The summed E-state index contributed by atoms with van der Waals surface area (Å²) in [6.07, 6.45) is 0. The SMILES string of the molecule is c1ccc(-c2ccc(-c3ccc(N(c4ccc(-c5ccc6oc7ccc8nc(-c9ccccc9)oc8c7c6c5)cc4)c4cccc(-c5ccc(-c6ccccc6)cc5)c4)cc3)cc2)cc1. The van der Waals surface area contributed by atoms with Crippen LogP contribution in [0.4, 0.5) is 17.1 Å². The molecule has 0 aliphatic heterocycles. The summed E-state index contributed by atoms with van der Waals surface area (Å²) >= 11 is 0. The number of anilines is 3. The molecule has 65 heavy (non-hydrogen) atoms. The number of hydrogen-bond acceptors (Lipinski definition) is 4. The van der Waals surface area contributed by atoms with Gasteiger partial charge in [0.15, 0.2) is 5.58 Å². The summed E-state index contributed by atoms with van der Waals surface area (Å²) in [4.78, 5) is 7.17. The topological polar surface area (TPSA) is 42.4 Å². The Kier molecular flexibility index (Phi) is 9.46. The second kappa shape index (κ2) is 16.2. The van der Waals surface area contributed by atoms with E-state index in [2.05, 4.69) is 205 Å². The van der Waals surface area contributed by atoms with Gasteiger partial charge in [0, 0.05) is 28.0 Å². The van der Waals surface area contributed by atoms with E-state index in [1.807, 2.05) is 42.5 Å². The smallest absolute Gasteiger partial charge is 0.227 e. The van der Waals surface area contributed by atoms with Crippen molar-refractivity contribution < 1.29 is 8.83 Å². The minimum Gasteiger partial charge on any atom is -0.456 e. The number of aromatic nitrogens is 1. The Morgan fingerprint density at radius 2 is 0.708 bits per heavy atom. The molecule has 0 unspecified atom stereocenters.